The van der Waals surface area contributed by atoms with Crippen molar-refractivity contribution < 1.29 is 4.74 Å². The van der Waals surface area contributed by atoms with Crippen LogP contribution in [0.4, 0.5) is 0 Å². The molecule has 3 rings (SSSR count). The molecule has 0 aliphatic heterocycles. The van der Waals surface area contributed by atoms with Gasteiger partial charge in [0.05, 0.1) is 13.2 Å². The van der Waals surface area contributed by atoms with Gasteiger partial charge in [-0.05, 0) is 49.1 Å². The minimum atomic E-state index is 0.609. The molecular formula is C22H24N4OS. The normalized spacial score (nSPS) is 10.6. The van der Waals surface area contributed by atoms with Crippen LogP contribution in [0.1, 0.15) is 24.8 Å². The Morgan fingerprint density at radius 3 is 2.54 bits per heavy atom. The smallest absolute Gasteiger partial charge is 0.191 e. The molecule has 0 saturated heterocycles. The first-order valence-electron chi connectivity index (χ1n) is 9.43. The number of ether oxygens (including phenoxy) is 1. The van der Waals surface area contributed by atoms with Crippen LogP contribution >= 0.6 is 11.8 Å². The molecule has 28 heavy (non-hydrogen) atoms. The molecule has 144 valence electrons. The number of nitriles is 1. The fourth-order valence-electron chi connectivity index (χ4n) is 2.91. The van der Waals surface area contributed by atoms with E-state index in [0.717, 1.165) is 53.9 Å². The van der Waals surface area contributed by atoms with Gasteiger partial charge in [0.25, 0.3) is 0 Å². The van der Waals surface area contributed by atoms with E-state index in [1.165, 1.54) is 5.56 Å². The van der Waals surface area contributed by atoms with Gasteiger partial charge in [0.1, 0.15) is 5.75 Å². The molecule has 1 heterocycles. The number of rotatable bonds is 10. The van der Waals surface area contributed by atoms with Crippen LogP contribution in [0.3, 0.4) is 0 Å². The van der Waals surface area contributed by atoms with Crippen molar-refractivity contribution in [2.75, 3.05) is 12.9 Å². The first kappa shape index (κ1) is 20.0. The summed E-state index contributed by atoms with van der Waals surface area (Å²) in [7, 11) is 1.67. The summed E-state index contributed by atoms with van der Waals surface area (Å²) in [5.74, 6) is 2.64. The highest BCUT2D eigenvalue weighted by Gasteiger charge is 2.14. The zero-order chi connectivity index (χ0) is 19.6. The first-order chi connectivity index (χ1) is 13.8. The molecule has 2 aromatic carbocycles. The fraction of sp³-hybridized carbons (Fsp3) is 0.318. The average Bonchev–Trinajstić information content (AvgIpc) is 3.15. The molecule has 5 nitrogen and oxygen atoms in total. The minimum absolute atomic E-state index is 0.609. The predicted octanol–water partition coefficient (Wildman–Crippen LogP) is 4.98. The van der Waals surface area contributed by atoms with E-state index in [9.17, 15) is 0 Å². The molecule has 0 aliphatic carbocycles. The second-order valence-corrected chi connectivity index (χ2v) is 7.45. The largest absolute Gasteiger partial charge is 0.497 e. The van der Waals surface area contributed by atoms with Crippen molar-refractivity contribution in [2.24, 2.45) is 0 Å². The Morgan fingerprint density at radius 2 is 1.82 bits per heavy atom. The highest BCUT2D eigenvalue weighted by atomic mass is 32.2. The van der Waals surface area contributed by atoms with Crippen LogP contribution in [0.2, 0.25) is 0 Å². The summed E-state index contributed by atoms with van der Waals surface area (Å²) in [5.41, 5.74) is 2.32. The third-order valence-electron chi connectivity index (χ3n) is 4.45. The number of benzene rings is 2. The molecule has 0 atom stereocenters. The molecule has 0 saturated carbocycles. The van der Waals surface area contributed by atoms with Gasteiger partial charge in [-0.2, -0.15) is 5.26 Å². The van der Waals surface area contributed by atoms with Crippen LogP contribution in [0, 0.1) is 11.3 Å². The van der Waals surface area contributed by atoms with Crippen LogP contribution < -0.4 is 4.74 Å². The van der Waals surface area contributed by atoms with Crippen molar-refractivity contribution in [3.05, 3.63) is 60.2 Å². The molecule has 6 heteroatoms. The van der Waals surface area contributed by atoms with Crippen molar-refractivity contribution in [1.82, 2.24) is 14.8 Å². The molecule has 0 bridgehead atoms. The quantitative estimate of drug-likeness (QED) is 0.359. The number of thioether (sulfide) groups is 1. The lowest BCUT2D eigenvalue weighted by molar-refractivity contribution is 0.415. The second kappa shape index (κ2) is 10.5. The standard InChI is InChI=1S/C22H24N4OS/c1-27-20-12-10-19(11-13-20)21-24-25-22(28-17-7-3-6-15-23)26(21)16-14-18-8-4-2-5-9-18/h2,4-5,8-13H,3,6-7,14,16-17H2,1H3. The van der Waals surface area contributed by atoms with Gasteiger partial charge >= 0.3 is 0 Å². The van der Waals surface area contributed by atoms with Crippen molar-refractivity contribution in [1.29, 1.82) is 5.26 Å². The number of hydrogen-bond donors (Lipinski definition) is 0. The van der Waals surface area contributed by atoms with Gasteiger partial charge in [0.2, 0.25) is 0 Å². The molecule has 0 N–H and O–H groups in total. The monoisotopic (exact) mass is 392 g/mol. The molecular weight excluding hydrogens is 368 g/mol. The van der Waals surface area contributed by atoms with Crippen LogP contribution in [0.5, 0.6) is 5.75 Å². The van der Waals surface area contributed by atoms with Gasteiger partial charge in [0.15, 0.2) is 11.0 Å². The maximum atomic E-state index is 8.68. The van der Waals surface area contributed by atoms with Crippen LogP contribution in [-0.2, 0) is 13.0 Å². The van der Waals surface area contributed by atoms with E-state index in [4.69, 9.17) is 10.00 Å². The van der Waals surface area contributed by atoms with Crippen molar-refractivity contribution in [3.63, 3.8) is 0 Å². The Hall–Kier alpha value is -2.78. The van der Waals surface area contributed by atoms with Crippen LogP contribution in [0.25, 0.3) is 11.4 Å². The lowest BCUT2D eigenvalue weighted by Crippen LogP contribution is -2.05. The maximum absolute atomic E-state index is 8.68. The summed E-state index contributed by atoms with van der Waals surface area (Å²) < 4.78 is 7.46. The van der Waals surface area contributed by atoms with E-state index in [1.807, 2.05) is 30.3 Å². The summed E-state index contributed by atoms with van der Waals surface area (Å²) in [6.45, 7) is 0.818. The van der Waals surface area contributed by atoms with Gasteiger partial charge in [-0.25, -0.2) is 0 Å². The lowest BCUT2D eigenvalue weighted by Gasteiger charge is -2.11. The van der Waals surface area contributed by atoms with Crippen LogP contribution in [-0.4, -0.2) is 27.6 Å². The fourth-order valence-corrected chi connectivity index (χ4v) is 3.87. The summed E-state index contributed by atoms with van der Waals surface area (Å²) in [6.07, 6.45) is 3.46. The SMILES string of the molecule is COc1ccc(-c2nnc(SCCCCC#N)n2CCc2ccccc2)cc1. The highest BCUT2D eigenvalue weighted by molar-refractivity contribution is 7.99. The van der Waals surface area contributed by atoms with Gasteiger partial charge in [-0.1, -0.05) is 42.1 Å². The number of unbranched alkanes of at least 4 members (excludes halogenated alkanes) is 2. The zero-order valence-corrected chi connectivity index (χ0v) is 16.9. The van der Waals surface area contributed by atoms with Crippen LogP contribution in [0.15, 0.2) is 59.8 Å². The van der Waals surface area contributed by atoms with Crippen molar-refractivity contribution in [2.45, 2.75) is 37.4 Å². The number of hydrogen-bond acceptors (Lipinski definition) is 5. The Labute approximate surface area is 170 Å². The number of nitrogens with zero attached hydrogens (tertiary/aromatic N) is 4. The Bertz CT molecular complexity index is 901. The van der Waals surface area contributed by atoms with Gasteiger partial charge < -0.3 is 9.30 Å². The first-order valence-corrected chi connectivity index (χ1v) is 10.4. The second-order valence-electron chi connectivity index (χ2n) is 6.39. The Kier molecular flexibility index (Phi) is 7.51. The molecule has 1 aromatic heterocycles. The van der Waals surface area contributed by atoms with Gasteiger partial charge in [-0.3, -0.25) is 0 Å². The van der Waals surface area contributed by atoms with Gasteiger partial charge in [-0.15, -0.1) is 10.2 Å². The number of methoxy groups -OCH3 is 1. The molecule has 0 fully saturated rings. The number of aryl methyl sites for hydroxylation is 1. The molecule has 0 unspecified atom stereocenters. The van der Waals surface area contributed by atoms with E-state index < -0.39 is 0 Å². The third kappa shape index (κ3) is 5.37. The summed E-state index contributed by atoms with van der Waals surface area (Å²) in [4.78, 5) is 0. The lowest BCUT2D eigenvalue weighted by atomic mass is 10.1. The molecule has 0 aliphatic rings. The van der Waals surface area contributed by atoms with E-state index >= 15 is 0 Å². The Morgan fingerprint density at radius 1 is 1.04 bits per heavy atom. The summed E-state index contributed by atoms with van der Waals surface area (Å²) >= 11 is 1.71. The van der Waals surface area contributed by atoms with Crippen molar-refractivity contribution in [3.8, 4) is 23.2 Å². The van der Waals surface area contributed by atoms with E-state index in [2.05, 4.69) is 45.1 Å². The highest BCUT2D eigenvalue weighted by Crippen LogP contribution is 2.26. The van der Waals surface area contributed by atoms with E-state index in [1.54, 1.807) is 18.9 Å². The predicted molar refractivity (Wildman–Crippen MR) is 112 cm³/mol. The molecule has 0 amide bonds. The van der Waals surface area contributed by atoms with Crippen molar-refractivity contribution >= 4 is 11.8 Å². The van der Waals surface area contributed by atoms with E-state index in [0.29, 0.717) is 6.42 Å². The molecule has 0 radical (unpaired) electrons. The minimum Gasteiger partial charge on any atom is -0.497 e. The summed E-state index contributed by atoms with van der Waals surface area (Å²) in [5, 5.41) is 18.5. The summed E-state index contributed by atoms with van der Waals surface area (Å²) in [6, 6.07) is 20.6. The zero-order valence-electron chi connectivity index (χ0n) is 16.0. The molecule has 0 spiro atoms. The molecule has 3 aromatic rings. The third-order valence-corrected chi connectivity index (χ3v) is 5.50. The van der Waals surface area contributed by atoms with E-state index in [-0.39, 0.29) is 0 Å². The maximum Gasteiger partial charge on any atom is 0.191 e. The topological polar surface area (TPSA) is 63.7 Å². The average molecular weight is 393 g/mol. The van der Waals surface area contributed by atoms with Gasteiger partial charge in [0, 0.05) is 24.3 Å². The number of aromatic nitrogens is 3. The Balaban J connectivity index is 1.78.